The minimum Gasteiger partial charge on any atom is -0.393 e. The molecule has 2 aliphatic rings. The predicted octanol–water partition coefficient (Wildman–Crippen LogP) is 0.645. The summed E-state index contributed by atoms with van der Waals surface area (Å²) in [6.07, 6.45) is 4.39. The van der Waals surface area contributed by atoms with Crippen molar-refractivity contribution in [3.63, 3.8) is 0 Å². The fraction of sp³-hybridized carbons (Fsp3) is 1.00. The standard InChI is InChI=1S/C11H22N2O/c1-12-11(13(2)3)6-8-4-10(14)5-9(8)7-11/h8-10,12,14H,4-7H2,1-3H3. The lowest BCUT2D eigenvalue weighted by Crippen LogP contribution is -2.53. The lowest BCUT2D eigenvalue weighted by Gasteiger charge is -2.37. The summed E-state index contributed by atoms with van der Waals surface area (Å²) in [5.41, 5.74) is 0.190. The Morgan fingerprint density at radius 2 is 1.71 bits per heavy atom. The molecule has 0 bridgehead atoms. The molecule has 0 radical (unpaired) electrons. The molecule has 2 rings (SSSR count). The second-order valence-electron chi connectivity index (χ2n) is 5.23. The second-order valence-corrected chi connectivity index (χ2v) is 5.23. The molecule has 3 heteroatoms. The second kappa shape index (κ2) is 3.47. The first-order chi connectivity index (χ1) is 6.57. The zero-order chi connectivity index (χ0) is 10.3. The SMILES string of the molecule is CNC1(N(C)C)CC2CC(O)CC2C1. The summed E-state index contributed by atoms with van der Waals surface area (Å²) < 4.78 is 0. The number of hydrogen-bond acceptors (Lipinski definition) is 3. The molecule has 0 saturated heterocycles. The van der Waals surface area contributed by atoms with Gasteiger partial charge in [-0.1, -0.05) is 0 Å². The van der Waals surface area contributed by atoms with E-state index >= 15 is 0 Å². The summed E-state index contributed by atoms with van der Waals surface area (Å²) in [4.78, 5) is 2.30. The fourth-order valence-electron chi connectivity index (χ4n) is 3.42. The molecule has 0 spiro atoms. The monoisotopic (exact) mass is 198 g/mol. The van der Waals surface area contributed by atoms with Crippen LogP contribution >= 0.6 is 0 Å². The number of nitrogens with one attached hydrogen (secondary N) is 1. The van der Waals surface area contributed by atoms with Gasteiger partial charge >= 0.3 is 0 Å². The summed E-state index contributed by atoms with van der Waals surface area (Å²) in [6, 6.07) is 0. The van der Waals surface area contributed by atoms with Crippen LogP contribution in [0.4, 0.5) is 0 Å². The van der Waals surface area contributed by atoms with E-state index in [0.29, 0.717) is 0 Å². The Morgan fingerprint density at radius 1 is 1.21 bits per heavy atom. The molecule has 82 valence electrons. The molecule has 14 heavy (non-hydrogen) atoms. The Labute approximate surface area is 86.5 Å². The van der Waals surface area contributed by atoms with Gasteiger partial charge in [-0.3, -0.25) is 4.90 Å². The number of aliphatic hydroxyl groups is 1. The van der Waals surface area contributed by atoms with Crippen molar-refractivity contribution < 1.29 is 5.11 Å². The van der Waals surface area contributed by atoms with Gasteiger partial charge in [0.05, 0.1) is 11.8 Å². The van der Waals surface area contributed by atoms with Crippen LogP contribution in [0.3, 0.4) is 0 Å². The van der Waals surface area contributed by atoms with Crippen molar-refractivity contribution >= 4 is 0 Å². The first-order valence-corrected chi connectivity index (χ1v) is 5.62. The molecule has 0 aromatic carbocycles. The van der Waals surface area contributed by atoms with Gasteiger partial charge in [0, 0.05) is 0 Å². The molecule has 2 atom stereocenters. The number of hydrogen-bond donors (Lipinski definition) is 2. The molecule has 0 amide bonds. The highest BCUT2D eigenvalue weighted by Gasteiger charge is 2.49. The van der Waals surface area contributed by atoms with E-state index in [1.54, 1.807) is 0 Å². The maximum atomic E-state index is 9.58. The third kappa shape index (κ3) is 1.47. The number of aliphatic hydroxyl groups excluding tert-OH is 1. The molecule has 2 unspecified atom stereocenters. The fourth-order valence-corrected chi connectivity index (χ4v) is 3.42. The molecule has 0 aromatic heterocycles. The van der Waals surface area contributed by atoms with Crippen molar-refractivity contribution in [2.75, 3.05) is 21.1 Å². The Bertz CT molecular complexity index is 203. The average Bonchev–Trinajstić information content (AvgIpc) is 2.58. The largest absolute Gasteiger partial charge is 0.393 e. The summed E-state index contributed by atoms with van der Waals surface area (Å²) >= 11 is 0. The van der Waals surface area contributed by atoms with Gasteiger partial charge in [0.2, 0.25) is 0 Å². The predicted molar refractivity (Wildman–Crippen MR) is 56.9 cm³/mol. The van der Waals surface area contributed by atoms with Crippen LogP contribution in [-0.4, -0.2) is 42.9 Å². The van der Waals surface area contributed by atoms with Gasteiger partial charge in [0.1, 0.15) is 0 Å². The topological polar surface area (TPSA) is 35.5 Å². The van der Waals surface area contributed by atoms with Crippen molar-refractivity contribution in [2.45, 2.75) is 37.5 Å². The molecule has 2 fully saturated rings. The highest BCUT2D eigenvalue weighted by atomic mass is 16.3. The van der Waals surface area contributed by atoms with E-state index in [9.17, 15) is 5.11 Å². The molecule has 0 aliphatic heterocycles. The Kier molecular flexibility index (Phi) is 2.58. The van der Waals surface area contributed by atoms with Gasteiger partial charge in [-0.25, -0.2) is 0 Å². The summed E-state index contributed by atoms with van der Waals surface area (Å²) in [6.45, 7) is 0. The molecule has 0 aromatic rings. The first kappa shape index (κ1) is 10.4. The number of nitrogens with zero attached hydrogens (tertiary/aromatic N) is 1. The van der Waals surface area contributed by atoms with Crippen molar-refractivity contribution in [2.24, 2.45) is 11.8 Å². The lowest BCUT2D eigenvalue weighted by molar-refractivity contribution is 0.0982. The molecule has 2 saturated carbocycles. The molecular weight excluding hydrogens is 176 g/mol. The zero-order valence-electron chi connectivity index (χ0n) is 9.45. The van der Waals surface area contributed by atoms with Crippen LogP contribution < -0.4 is 5.32 Å². The Morgan fingerprint density at radius 3 is 2.07 bits per heavy atom. The minimum absolute atomic E-state index is 0.0259. The van der Waals surface area contributed by atoms with Gasteiger partial charge in [-0.05, 0) is 58.7 Å². The van der Waals surface area contributed by atoms with Gasteiger partial charge in [-0.15, -0.1) is 0 Å². The molecule has 2 aliphatic carbocycles. The van der Waals surface area contributed by atoms with Crippen LogP contribution in [0, 0.1) is 11.8 Å². The molecule has 2 N–H and O–H groups in total. The van der Waals surface area contributed by atoms with Crippen LogP contribution in [0.15, 0.2) is 0 Å². The maximum Gasteiger partial charge on any atom is 0.0710 e. The maximum absolute atomic E-state index is 9.58. The van der Waals surface area contributed by atoms with Crippen molar-refractivity contribution in [3.05, 3.63) is 0 Å². The van der Waals surface area contributed by atoms with E-state index in [4.69, 9.17) is 0 Å². The zero-order valence-corrected chi connectivity index (χ0v) is 9.45. The lowest BCUT2D eigenvalue weighted by atomic mass is 10.0. The smallest absolute Gasteiger partial charge is 0.0710 e. The van der Waals surface area contributed by atoms with Gasteiger partial charge in [0.15, 0.2) is 0 Å². The van der Waals surface area contributed by atoms with E-state index in [-0.39, 0.29) is 11.8 Å². The Balaban J connectivity index is 2.08. The van der Waals surface area contributed by atoms with Gasteiger partial charge in [0.25, 0.3) is 0 Å². The number of fused-ring (bicyclic) bond motifs is 1. The van der Waals surface area contributed by atoms with Crippen molar-refractivity contribution in [3.8, 4) is 0 Å². The van der Waals surface area contributed by atoms with Crippen molar-refractivity contribution in [1.82, 2.24) is 10.2 Å². The third-order valence-corrected chi connectivity index (χ3v) is 4.34. The highest BCUT2D eigenvalue weighted by molar-refractivity contribution is 5.01. The third-order valence-electron chi connectivity index (χ3n) is 4.34. The van der Waals surface area contributed by atoms with E-state index < -0.39 is 0 Å². The first-order valence-electron chi connectivity index (χ1n) is 5.62. The van der Waals surface area contributed by atoms with Gasteiger partial charge < -0.3 is 10.4 Å². The summed E-state index contributed by atoms with van der Waals surface area (Å²) in [5, 5.41) is 13.0. The van der Waals surface area contributed by atoms with E-state index in [1.165, 1.54) is 12.8 Å². The van der Waals surface area contributed by atoms with Gasteiger partial charge in [-0.2, -0.15) is 0 Å². The van der Waals surface area contributed by atoms with Crippen LogP contribution in [-0.2, 0) is 0 Å². The molecule has 0 heterocycles. The Hall–Kier alpha value is -0.120. The number of rotatable bonds is 2. The highest BCUT2D eigenvalue weighted by Crippen LogP contribution is 2.49. The van der Waals surface area contributed by atoms with Crippen LogP contribution in [0.5, 0.6) is 0 Å². The van der Waals surface area contributed by atoms with Crippen LogP contribution in [0.1, 0.15) is 25.7 Å². The van der Waals surface area contributed by atoms with E-state index in [2.05, 4.69) is 31.4 Å². The van der Waals surface area contributed by atoms with E-state index in [0.717, 1.165) is 24.7 Å². The van der Waals surface area contributed by atoms with Crippen molar-refractivity contribution in [1.29, 1.82) is 0 Å². The van der Waals surface area contributed by atoms with E-state index in [1.807, 2.05) is 0 Å². The van der Waals surface area contributed by atoms with Crippen LogP contribution in [0.2, 0.25) is 0 Å². The average molecular weight is 198 g/mol. The molecular formula is C11H22N2O. The normalized spacial score (nSPS) is 47.4. The minimum atomic E-state index is -0.0259. The summed E-state index contributed by atoms with van der Waals surface area (Å²) in [5.74, 6) is 1.47. The molecule has 3 nitrogen and oxygen atoms in total. The quantitative estimate of drug-likeness (QED) is 0.639. The summed E-state index contributed by atoms with van der Waals surface area (Å²) in [7, 11) is 6.35. The van der Waals surface area contributed by atoms with Crippen LogP contribution in [0.25, 0.3) is 0 Å².